The SMILES string of the molecule is CCC1N=C(C2CCCCS2)NC1=O. The predicted molar refractivity (Wildman–Crippen MR) is 59.8 cm³/mol. The van der Waals surface area contributed by atoms with Crippen molar-refractivity contribution >= 4 is 23.5 Å². The summed E-state index contributed by atoms with van der Waals surface area (Å²) in [5, 5.41) is 3.36. The van der Waals surface area contributed by atoms with Crippen molar-refractivity contribution in [3.63, 3.8) is 0 Å². The fourth-order valence-electron chi connectivity index (χ4n) is 1.87. The minimum absolute atomic E-state index is 0.0914. The Morgan fingerprint density at radius 1 is 1.57 bits per heavy atom. The Hall–Kier alpha value is -0.510. The van der Waals surface area contributed by atoms with Gasteiger partial charge in [-0.1, -0.05) is 13.3 Å². The minimum atomic E-state index is -0.118. The summed E-state index contributed by atoms with van der Waals surface area (Å²) < 4.78 is 0. The number of hydrogen-bond donors (Lipinski definition) is 1. The highest BCUT2D eigenvalue weighted by atomic mass is 32.2. The topological polar surface area (TPSA) is 41.5 Å². The lowest BCUT2D eigenvalue weighted by atomic mass is 10.2. The van der Waals surface area contributed by atoms with Gasteiger partial charge >= 0.3 is 0 Å². The Morgan fingerprint density at radius 3 is 3.00 bits per heavy atom. The summed E-state index contributed by atoms with van der Waals surface area (Å²) in [6.45, 7) is 2.00. The fourth-order valence-corrected chi connectivity index (χ4v) is 3.13. The van der Waals surface area contributed by atoms with E-state index in [4.69, 9.17) is 0 Å². The number of rotatable bonds is 2. The van der Waals surface area contributed by atoms with Crippen LogP contribution in [0.25, 0.3) is 0 Å². The van der Waals surface area contributed by atoms with Gasteiger partial charge in [0.25, 0.3) is 0 Å². The third-order valence-corrected chi connectivity index (χ3v) is 4.11. The van der Waals surface area contributed by atoms with Gasteiger partial charge in [-0.3, -0.25) is 9.79 Å². The highest BCUT2D eigenvalue weighted by molar-refractivity contribution is 8.00. The molecule has 0 aromatic rings. The number of aliphatic imine (C=N–C) groups is 1. The second kappa shape index (κ2) is 4.34. The van der Waals surface area contributed by atoms with Gasteiger partial charge in [0.1, 0.15) is 11.9 Å². The normalized spacial score (nSPS) is 32.6. The molecule has 2 heterocycles. The van der Waals surface area contributed by atoms with Gasteiger partial charge in [0.2, 0.25) is 5.91 Å². The molecule has 0 bridgehead atoms. The number of thioether (sulfide) groups is 1. The van der Waals surface area contributed by atoms with Gasteiger partial charge in [0.15, 0.2) is 0 Å². The van der Waals surface area contributed by atoms with Crippen LogP contribution in [-0.4, -0.2) is 28.8 Å². The molecule has 4 heteroatoms. The van der Waals surface area contributed by atoms with E-state index >= 15 is 0 Å². The summed E-state index contributed by atoms with van der Waals surface area (Å²) in [6, 6.07) is -0.118. The fraction of sp³-hybridized carbons (Fsp3) is 0.800. The van der Waals surface area contributed by atoms with Crippen molar-refractivity contribution in [2.24, 2.45) is 4.99 Å². The molecule has 1 saturated heterocycles. The van der Waals surface area contributed by atoms with Crippen LogP contribution in [0.1, 0.15) is 32.6 Å². The Bertz CT molecular complexity index is 259. The average molecular weight is 212 g/mol. The first-order valence-corrected chi connectivity index (χ1v) is 6.36. The van der Waals surface area contributed by atoms with Gasteiger partial charge in [-0.2, -0.15) is 11.8 Å². The third-order valence-electron chi connectivity index (χ3n) is 2.72. The van der Waals surface area contributed by atoms with Gasteiger partial charge in [0, 0.05) is 0 Å². The zero-order chi connectivity index (χ0) is 9.97. The van der Waals surface area contributed by atoms with E-state index in [9.17, 15) is 4.79 Å². The van der Waals surface area contributed by atoms with Crippen LogP contribution >= 0.6 is 11.8 Å². The molecule has 2 aliphatic rings. The van der Waals surface area contributed by atoms with E-state index in [2.05, 4.69) is 10.3 Å². The number of carbonyl (C=O) groups is 1. The standard InChI is InChI=1S/C10H16N2OS/c1-2-7-10(13)12-9(11-7)8-5-3-4-6-14-8/h7-8H,2-6H2,1H3,(H,11,12,13). The Labute approximate surface area is 88.7 Å². The predicted octanol–water partition coefficient (Wildman–Crippen LogP) is 1.58. The number of hydrogen-bond acceptors (Lipinski definition) is 3. The second-order valence-corrected chi connectivity index (χ2v) is 5.09. The van der Waals surface area contributed by atoms with Crippen LogP contribution in [0, 0.1) is 0 Å². The number of nitrogens with one attached hydrogen (secondary N) is 1. The highest BCUT2D eigenvalue weighted by Crippen LogP contribution is 2.27. The van der Waals surface area contributed by atoms with Gasteiger partial charge in [0.05, 0.1) is 5.25 Å². The van der Waals surface area contributed by atoms with E-state index in [0.717, 1.165) is 12.3 Å². The summed E-state index contributed by atoms with van der Waals surface area (Å²) in [4.78, 5) is 15.9. The maximum Gasteiger partial charge on any atom is 0.250 e. The molecule has 0 aromatic heterocycles. The third kappa shape index (κ3) is 1.95. The van der Waals surface area contributed by atoms with Crippen LogP contribution in [0.4, 0.5) is 0 Å². The lowest BCUT2D eigenvalue weighted by molar-refractivity contribution is -0.120. The first kappa shape index (κ1) is 10.0. The smallest absolute Gasteiger partial charge is 0.250 e. The van der Waals surface area contributed by atoms with E-state index in [0.29, 0.717) is 5.25 Å². The molecule has 1 amide bonds. The van der Waals surface area contributed by atoms with Crippen LogP contribution in [0.2, 0.25) is 0 Å². The number of nitrogens with zero attached hydrogens (tertiary/aromatic N) is 1. The van der Waals surface area contributed by atoms with Gasteiger partial charge in [-0.15, -0.1) is 0 Å². The molecule has 2 unspecified atom stereocenters. The monoisotopic (exact) mass is 212 g/mol. The molecule has 2 aliphatic heterocycles. The molecule has 0 spiro atoms. The molecular formula is C10H16N2OS. The summed E-state index contributed by atoms with van der Waals surface area (Å²) in [7, 11) is 0. The van der Waals surface area contributed by atoms with E-state index in [1.807, 2.05) is 18.7 Å². The molecule has 2 rings (SSSR count). The second-order valence-electron chi connectivity index (χ2n) is 3.78. The van der Waals surface area contributed by atoms with Crippen LogP contribution in [0.5, 0.6) is 0 Å². The minimum Gasteiger partial charge on any atom is -0.312 e. The Balaban J connectivity index is 2.00. The number of amidine groups is 1. The van der Waals surface area contributed by atoms with E-state index in [1.165, 1.54) is 25.0 Å². The average Bonchev–Trinajstić information content (AvgIpc) is 2.61. The summed E-state index contributed by atoms with van der Waals surface area (Å²) in [5.41, 5.74) is 0. The Morgan fingerprint density at radius 2 is 2.43 bits per heavy atom. The first-order chi connectivity index (χ1) is 6.81. The summed E-state index contributed by atoms with van der Waals surface area (Å²) >= 11 is 1.93. The lowest BCUT2D eigenvalue weighted by Crippen LogP contribution is -2.35. The molecule has 0 radical (unpaired) electrons. The van der Waals surface area contributed by atoms with Gasteiger partial charge < -0.3 is 5.32 Å². The molecule has 3 nitrogen and oxygen atoms in total. The first-order valence-electron chi connectivity index (χ1n) is 5.31. The molecule has 1 N–H and O–H groups in total. The molecule has 1 fully saturated rings. The maximum absolute atomic E-state index is 11.4. The molecule has 0 aromatic carbocycles. The van der Waals surface area contributed by atoms with Crippen molar-refractivity contribution in [3.05, 3.63) is 0 Å². The van der Waals surface area contributed by atoms with Crippen molar-refractivity contribution in [3.8, 4) is 0 Å². The zero-order valence-electron chi connectivity index (χ0n) is 8.45. The maximum atomic E-state index is 11.4. The molecule has 0 saturated carbocycles. The zero-order valence-corrected chi connectivity index (χ0v) is 9.27. The number of amides is 1. The van der Waals surface area contributed by atoms with Crippen molar-refractivity contribution < 1.29 is 4.79 Å². The molecule has 14 heavy (non-hydrogen) atoms. The van der Waals surface area contributed by atoms with Crippen molar-refractivity contribution in [2.75, 3.05) is 5.75 Å². The summed E-state index contributed by atoms with van der Waals surface area (Å²) in [6.07, 6.45) is 4.55. The van der Waals surface area contributed by atoms with Crippen LogP contribution < -0.4 is 5.32 Å². The van der Waals surface area contributed by atoms with Crippen molar-refractivity contribution in [1.29, 1.82) is 0 Å². The van der Waals surface area contributed by atoms with Crippen LogP contribution in [-0.2, 0) is 4.79 Å². The van der Waals surface area contributed by atoms with E-state index in [1.54, 1.807) is 0 Å². The van der Waals surface area contributed by atoms with Crippen molar-refractivity contribution in [2.45, 2.75) is 43.9 Å². The van der Waals surface area contributed by atoms with E-state index < -0.39 is 0 Å². The van der Waals surface area contributed by atoms with Crippen LogP contribution in [0.3, 0.4) is 0 Å². The molecule has 0 aliphatic carbocycles. The van der Waals surface area contributed by atoms with Gasteiger partial charge in [-0.05, 0) is 25.0 Å². The lowest BCUT2D eigenvalue weighted by Gasteiger charge is -2.20. The van der Waals surface area contributed by atoms with Gasteiger partial charge in [-0.25, -0.2) is 0 Å². The van der Waals surface area contributed by atoms with E-state index in [-0.39, 0.29) is 11.9 Å². The quantitative estimate of drug-likeness (QED) is 0.755. The Kier molecular flexibility index (Phi) is 3.11. The molecular weight excluding hydrogens is 196 g/mol. The largest absolute Gasteiger partial charge is 0.312 e. The highest BCUT2D eigenvalue weighted by Gasteiger charge is 2.30. The van der Waals surface area contributed by atoms with Crippen LogP contribution in [0.15, 0.2) is 4.99 Å². The molecule has 78 valence electrons. The van der Waals surface area contributed by atoms with Crippen molar-refractivity contribution in [1.82, 2.24) is 5.32 Å². The summed E-state index contributed by atoms with van der Waals surface area (Å²) in [5.74, 6) is 2.23. The molecule has 2 atom stereocenters. The number of carbonyl (C=O) groups excluding carboxylic acids is 1.